The fraction of sp³-hybridized carbons (Fsp3) is 1.00. The molecule has 0 bridgehead atoms. The van der Waals surface area contributed by atoms with Crippen LogP contribution in [0.1, 0.15) is 6.92 Å². The molecule has 0 nitrogen and oxygen atoms in total. The van der Waals surface area contributed by atoms with Crippen molar-refractivity contribution >= 4 is 0 Å². The molecule has 0 spiro atoms. The molecule has 0 radical (unpaired) electrons. The second-order valence-electron chi connectivity index (χ2n) is 1.03. The summed E-state index contributed by atoms with van der Waals surface area (Å²) in [5, 5.41) is 0. The molecule has 0 aromatic heterocycles. The van der Waals surface area contributed by atoms with Crippen molar-refractivity contribution in [2.45, 2.75) is 19.8 Å². The van der Waals surface area contributed by atoms with E-state index in [1.54, 1.807) is 0 Å². The summed E-state index contributed by atoms with van der Waals surface area (Å²) in [5.74, 6) is 0. The van der Waals surface area contributed by atoms with E-state index in [1.165, 1.54) is 0 Å². The van der Waals surface area contributed by atoms with Gasteiger partial charge in [0, 0.05) is 6.92 Å². The lowest BCUT2D eigenvalue weighted by atomic mass is 10.8. The molecule has 0 aliphatic carbocycles. The van der Waals surface area contributed by atoms with Crippen LogP contribution in [-0.2, 0) is 0 Å². The Hall–Kier alpha value is -0.420. The van der Waals surface area contributed by atoms with Gasteiger partial charge < -0.3 is 0 Å². The van der Waals surface area contributed by atoms with Crippen molar-refractivity contribution in [2.24, 2.45) is 0 Å². The number of hydrogen-bond donors (Lipinski definition) is 0. The van der Waals surface area contributed by atoms with Crippen molar-refractivity contribution in [3.8, 4) is 0 Å². The van der Waals surface area contributed by atoms with Crippen LogP contribution < -0.4 is 0 Å². The summed E-state index contributed by atoms with van der Waals surface area (Å²) < 4.78 is 60.1. The smallest absolute Gasteiger partial charge is 0.174 e. The molecule has 0 aromatic carbocycles. The van der Waals surface area contributed by atoms with E-state index in [-0.39, 0.29) is 6.92 Å². The maximum absolute atomic E-state index is 10.4. The van der Waals surface area contributed by atoms with Crippen molar-refractivity contribution in [1.82, 2.24) is 0 Å². The molecule has 6 heteroatoms. The Morgan fingerprint density at radius 1 is 1.00 bits per heavy atom. The van der Waals surface area contributed by atoms with Crippen LogP contribution in [-0.4, -0.2) is 12.9 Å². The van der Waals surface area contributed by atoms with Gasteiger partial charge in [0.25, 0.3) is 0 Å². The van der Waals surface area contributed by atoms with E-state index in [0.717, 1.165) is 0 Å². The largest absolute Gasteiger partial charge is 0.386 e. The topological polar surface area (TPSA) is 0 Å². The lowest BCUT2D eigenvalue weighted by Gasteiger charge is -1.88. The Labute approximate surface area is 47.5 Å². The zero-order valence-electron chi connectivity index (χ0n) is 4.35. The maximum atomic E-state index is 10.4. The van der Waals surface area contributed by atoms with Gasteiger partial charge in [0.05, 0.1) is 0 Å². The highest BCUT2D eigenvalue weighted by Crippen LogP contribution is 2.10. The van der Waals surface area contributed by atoms with Gasteiger partial charge in [-0.1, -0.05) is 0 Å². The number of hydrogen-bond acceptors (Lipinski definition) is 0. The van der Waals surface area contributed by atoms with Crippen LogP contribution in [0.25, 0.3) is 0 Å². The number of halogens is 6. The zero-order chi connectivity index (χ0) is 8.08. The summed E-state index contributed by atoms with van der Waals surface area (Å²) in [6.07, 6.45) is -4.00. The first-order valence-electron chi connectivity index (χ1n) is 1.72. The molecule has 0 saturated heterocycles. The Balaban J connectivity index is 0. The fourth-order valence-corrected chi connectivity index (χ4v) is 0. The second-order valence-corrected chi connectivity index (χ2v) is 1.03. The SMILES string of the molecule is CC(F)(F)F.FC(F)F. The quantitative estimate of drug-likeness (QED) is 0.470. The molecule has 0 aromatic rings. The molecule has 0 atom stereocenters. The van der Waals surface area contributed by atoms with Crippen molar-refractivity contribution in [3.63, 3.8) is 0 Å². The first-order valence-corrected chi connectivity index (χ1v) is 1.72. The molecule has 0 aliphatic heterocycles. The third kappa shape index (κ3) is 1340. The number of rotatable bonds is 0. The van der Waals surface area contributed by atoms with Gasteiger partial charge in [-0.2, -0.15) is 26.3 Å². The minimum Gasteiger partial charge on any atom is -0.174 e. The third-order valence-corrected chi connectivity index (χ3v) is 0. The Bertz CT molecular complexity index is 45.1. The predicted octanol–water partition coefficient (Wildman–Crippen LogP) is 2.75. The molecule has 0 fully saturated rings. The minimum absolute atomic E-state index is 0.188. The molecule has 0 unspecified atom stereocenters. The average Bonchev–Trinajstić information content (AvgIpc) is 1.19. The van der Waals surface area contributed by atoms with Gasteiger partial charge in [-0.3, -0.25) is 0 Å². The van der Waals surface area contributed by atoms with Gasteiger partial charge >= 0.3 is 12.9 Å². The summed E-state index contributed by atoms with van der Waals surface area (Å²) in [4.78, 5) is 0. The Morgan fingerprint density at radius 3 is 1.00 bits per heavy atom. The summed E-state index contributed by atoms with van der Waals surface area (Å²) >= 11 is 0. The van der Waals surface area contributed by atoms with Gasteiger partial charge in [0.15, 0.2) is 0 Å². The standard InChI is InChI=1S/C2H3F3.CHF3/c1-2(3,4)5;2-1(3)4/h1H3;1H. The van der Waals surface area contributed by atoms with E-state index in [4.69, 9.17) is 0 Å². The summed E-state index contributed by atoms with van der Waals surface area (Å²) in [6.45, 7) is -3.48. The molecular weight excluding hydrogens is 150 g/mol. The van der Waals surface area contributed by atoms with E-state index in [9.17, 15) is 26.3 Å². The van der Waals surface area contributed by atoms with E-state index in [2.05, 4.69) is 0 Å². The van der Waals surface area contributed by atoms with Crippen molar-refractivity contribution in [2.75, 3.05) is 0 Å². The molecule has 0 rings (SSSR count). The van der Waals surface area contributed by atoms with Crippen molar-refractivity contribution in [1.29, 1.82) is 0 Å². The molecular formula is C3H4F6. The van der Waals surface area contributed by atoms with E-state index in [1.807, 2.05) is 0 Å². The molecule has 0 N–H and O–H groups in total. The Morgan fingerprint density at radius 2 is 1.00 bits per heavy atom. The predicted molar refractivity (Wildman–Crippen MR) is 18.8 cm³/mol. The van der Waals surface area contributed by atoms with Gasteiger partial charge in [-0.15, -0.1) is 0 Å². The molecule has 0 saturated carbocycles. The highest BCUT2D eigenvalue weighted by Gasteiger charge is 2.15. The fourth-order valence-electron chi connectivity index (χ4n) is 0. The van der Waals surface area contributed by atoms with Crippen LogP contribution >= 0.6 is 0 Å². The molecule has 0 aliphatic rings. The molecule has 0 heterocycles. The summed E-state index contributed by atoms with van der Waals surface area (Å²) in [6, 6.07) is 0. The molecule has 0 amide bonds. The first-order chi connectivity index (χ1) is 3.73. The van der Waals surface area contributed by atoms with Gasteiger partial charge in [0.1, 0.15) is 0 Å². The third-order valence-electron chi connectivity index (χ3n) is 0. The van der Waals surface area contributed by atoms with Crippen molar-refractivity contribution in [3.05, 3.63) is 0 Å². The number of alkyl halides is 6. The summed E-state index contributed by atoms with van der Waals surface area (Å²) in [5.41, 5.74) is 0. The van der Waals surface area contributed by atoms with Crippen LogP contribution in [0.3, 0.4) is 0 Å². The second kappa shape index (κ2) is 4.46. The van der Waals surface area contributed by atoms with Crippen LogP contribution in [0.5, 0.6) is 0 Å². The van der Waals surface area contributed by atoms with Crippen LogP contribution in [0.15, 0.2) is 0 Å². The average molecular weight is 154 g/mol. The summed E-state index contributed by atoms with van der Waals surface area (Å²) in [7, 11) is 0. The monoisotopic (exact) mass is 154 g/mol. The van der Waals surface area contributed by atoms with Gasteiger partial charge in [-0.25, -0.2) is 0 Å². The van der Waals surface area contributed by atoms with E-state index < -0.39 is 12.9 Å². The normalized spacial score (nSPS) is 10.7. The van der Waals surface area contributed by atoms with Crippen LogP contribution in [0.2, 0.25) is 0 Å². The van der Waals surface area contributed by atoms with Crippen LogP contribution in [0.4, 0.5) is 26.3 Å². The van der Waals surface area contributed by atoms with Gasteiger partial charge in [-0.05, 0) is 0 Å². The Kier molecular flexibility index (Phi) is 5.64. The highest BCUT2D eigenvalue weighted by molar-refractivity contribution is 4.26. The minimum atomic E-state index is -4.00. The van der Waals surface area contributed by atoms with E-state index in [0.29, 0.717) is 0 Å². The highest BCUT2D eigenvalue weighted by atomic mass is 19.4. The maximum Gasteiger partial charge on any atom is 0.386 e. The van der Waals surface area contributed by atoms with Crippen molar-refractivity contribution < 1.29 is 26.3 Å². The molecule has 58 valence electrons. The van der Waals surface area contributed by atoms with E-state index >= 15 is 0 Å². The van der Waals surface area contributed by atoms with Crippen LogP contribution in [0, 0.1) is 0 Å². The molecule has 9 heavy (non-hydrogen) atoms. The zero-order valence-corrected chi connectivity index (χ0v) is 4.35. The first kappa shape index (κ1) is 11.4. The lowest BCUT2D eigenvalue weighted by molar-refractivity contribution is -0.110. The van der Waals surface area contributed by atoms with Gasteiger partial charge in [0.2, 0.25) is 0 Å². The lowest BCUT2D eigenvalue weighted by Crippen LogP contribution is -1.95.